The Kier molecular flexibility index (Phi) is 2.96. The summed E-state index contributed by atoms with van der Waals surface area (Å²) in [6, 6.07) is 1.98. The molecule has 0 aromatic carbocycles. The number of nitrogens with two attached hydrogens (primary N) is 1. The van der Waals surface area contributed by atoms with E-state index in [0.717, 1.165) is 5.69 Å². The minimum absolute atomic E-state index is 0.281. The highest BCUT2D eigenvalue weighted by atomic mass is 32.2. The van der Waals surface area contributed by atoms with Crippen LogP contribution >= 0.6 is 11.8 Å². The molecular formula is C7H13N3S. The van der Waals surface area contributed by atoms with Crippen molar-refractivity contribution in [2.24, 2.45) is 5.73 Å². The van der Waals surface area contributed by atoms with Gasteiger partial charge in [-0.05, 0) is 19.2 Å². The normalized spacial score (nSPS) is 13.4. The molecule has 0 aliphatic rings. The molecule has 0 saturated heterocycles. The van der Waals surface area contributed by atoms with Crippen LogP contribution in [-0.4, -0.2) is 22.6 Å². The van der Waals surface area contributed by atoms with Crippen LogP contribution in [0, 0.1) is 6.92 Å². The van der Waals surface area contributed by atoms with Gasteiger partial charge in [-0.1, -0.05) is 0 Å². The van der Waals surface area contributed by atoms with Gasteiger partial charge in [0.15, 0.2) is 0 Å². The average Bonchev–Trinajstić information content (AvgIpc) is 2.39. The minimum atomic E-state index is 0.281. The topological polar surface area (TPSA) is 43.8 Å². The Hall–Kier alpha value is -0.480. The summed E-state index contributed by atoms with van der Waals surface area (Å²) >= 11 is 1.71. The Bertz CT molecular complexity index is 217. The molecule has 1 aromatic heterocycles. The van der Waals surface area contributed by atoms with Crippen LogP contribution in [0.3, 0.4) is 0 Å². The largest absolute Gasteiger partial charge is 0.328 e. The lowest BCUT2D eigenvalue weighted by Gasteiger charge is -2.11. The lowest BCUT2D eigenvalue weighted by molar-refractivity contribution is 0.604. The van der Waals surface area contributed by atoms with Crippen LogP contribution in [0.4, 0.5) is 0 Å². The molecule has 4 heteroatoms. The SMILES string of the molecule is CSC(CN)n1ccc(C)n1. The van der Waals surface area contributed by atoms with E-state index in [2.05, 4.69) is 5.10 Å². The molecule has 3 nitrogen and oxygen atoms in total. The summed E-state index contributed by atoms with van der Waals surface area (Å²) in [5, 5.41) is 4.55. The van der Waals surface area contributed by atoms with Gasteiger partial charge in [-0.15, -0.1) is 11.8 Å². The van der Waals surface area contributed by atoms with E-state index in [1.165, 1.54) is 0 Å². The molecule has 0 bridgehead atoms. The summed E-state index contributed by atoms with van der Waals surface area (Å²) in [5.74, 6) is 0. The zero-order chi connectivity index (χ0) is 8.27. The smallest absolute Gasteiger partial charge is 0.109 e. The summed E-state index contributed by atoms with van der Waals surface area (Å²) in [4.78, 5) is 0. The summed E-state index contributed by atoms with van der Waals surface area (Å²) in [6.45, 7) is 2.60. The number of nitrogens with zero attached hydrogens (tertiary/aromatic N) is 2. The van der Waals surface area contributed by atoms with E-state index in [-0.39, 0.29) is 5.37 Å². The molecule has 0 saturated carbocycles. The Morgan fingerprint density at radius 2 is 2.55 bits per heavy atom. The Morgan fingerprint density at radius 3 is 2.91 bits per heavy atom. The van der Waals surface area contributed by atoms with Gasteiger partial charge in [0.05, 0.1) is 5.69 Å². The first kappa shape index (κ1) is 8.62. The molecule has 1 heterocycles. The van der Waals surface area contributed by atoms with Gasteiger partial charge in [0.1, 0.15) is 5.37 Å². The fourth-order valence-corrected chi connectivity index (χ4v) is 1.43. The number of aromatic nitrogens is 2. The number of thioether (sulfide) groups is 1. The summed E-state index contributed by atoms with van der Waals surface area (Å²) in [6.07, 6.45) is 4.00. The van der Waals surface area contributed by atoms with E-state index < -0.39 is 0 Å². The quantitative estimate of drug-likeness (QED) is 0.738. The van der Waals surface area contributed by atoms with Gasteiger partial charge in [-0.3, -0.25) is 4.68 Å². The van der Waals surface area contributed by atoms with Crippen molar-refractivity contribution < 1.29 is 0 Å². The number of aryl methyl sites for hydroxylation is 1. The van der Waals surface area contributed by atoms with Gasteiger partial charge in [-0.2, -0.15) is 5.10 Å². The van der Waals surface area contributed by atoms with Crippen LogP contribution in [0.1, 0.15) is 11.1 Å². The molecule has 1 rings (SSSR count). The highest BCUT2D eigenvalue weighted by Crippen LogP contribution is 2.16. The Labute approximate surface area is 71.0 Å². The van der Waals surface area contributed by atoms with Crippen molar-refractivity contribution >= 4 is 11.8 Å². The molecular weight excluding hydrogens is 158 g/mol. The fraction of sp³-hybridized carbons (Fsp3) is 0.571. The highest BCUT2D eigenvalue weighted by Gasteiger charge is 2.06. The fourth-order valence-electron chi connectivity index (χ4n) is 0.906. The molecule has 0 radical (unpaired) electrons. The zero-order valence-corrected chi connectivity index (χ0v) is 7.64. The second kappa shape index (κ2) is 3.78. The van der Waals surface area contributed by atoms with Crippen molar-refractivity contribution in [3.8, 4) is 0 Å². The van der Waals surface area contributed by atoms with Crippen LogP contribution < -0.4 is 5.73 Å². The summed E-state index contributed by atoms with van der Waals surface area (Å²) < 4.78 is 1.90. The molecule has 1 atom stereocenters. The monoisotopic (exact) mass is 171 g/mol. The van der Waals surface area contributed by atoms with Crippen molar-refractivity contribution in [2.75, 3.05) is 12.8 Å². The maximum atomic E-state index is 5.54. The first-order chi connectivity index (χ1) is 5.27. The molecule has 0 amide bonds. The van der Waals surface area contributed by atoms with Crippen molar-refractivity contribution in [1.82, 2.24) is 9.78 Å². The molecule has 1 unspecified atom stereocenters. The molecule has 62 valence electrons. The van der Waals surface area contributed by atoms with Crippen LogP contribution in [0.15, 0.2) is 12.3 Å². The standard InChI is InChI=1S/C7H13N3S/c1-6-3-4-10(9-6)7(5-8)11-2/h3-4,7H,5,8H2,1-2H3. The van der Waals surface area contributed by atoms with Gasteiger partial charge in [-0.25, -0.2) is 0 Å². The predicted molar refractivity (Wildman–Crippen MR) is 48.6 cm³/mol. The number of hydrogen-bond acceptors (Lipinski definition) is 3. The number of hydrogen-bond donors (Lipinski definition) is 1. The lowest BCUT2D eigenvalue weighted by atomic mass is 10.5. The van der Waals surface area contributed by atoms with E-state index in [4.69, 9.17) is 5.73 Å². The van der Waals surface area contributed by atoms with Crippen LogP contribution in [0.5, 0.6) is 0 Å². The van der Waals surface area contributed by atoms with Crippen LogP contribution in [-0.2, 0) is 0 Å². The molecule has 0 aliphatic carbocycles. The highest BCUT2D eigenvalue weighted by molar-refractivity contribution is 7.98. The van der Waals surface area contributed by atoms with E-state index in [9.17, 15) is 0 Å². The van der Waals surface area contributed by atoms with E-state index in [1.807, 2.05) is 30.1 Å². The lowest BCUT2D eigenvalue weighted by Crippen LogP contribution is -2.16. The Morgan fingerprint density at radius 1 is 1.82 bits per heavy atom. The summed E-state index contributed by atoms with van der Waals surface area (Å²) in [5.41, 5.74) is 6.58. The third kappa shape index (κ3) is 1.97. The van der Waals surface area contributed by atoms with Gasteiger partial charge < -0.3 is 5.73 Å². The maximum Gasteiger partial charge on any atom is 0.109 e. The van der Waals surface area contributed by atoms with Gasteiger partial charge in [0, 0.05) is 12.7 Å². The second-order valence-corrected chi connectivity index (χ2v) is 3.38. The van der Waals surface area contributed by atoms with Crippen LogP contribution in [0.25, 0.3) is 0 Å². The Balaban J connectivity index is 2.73. The second-order valence-electron chi connectivity index (χ2n) is 2.36. The van der Waals surface area contributed by atoms with Crippen molar-refractivity contribution in [2.45, 2.75) is 12.3 Å². The van der Waals surface area contributed by atoms with Crippen molar-refractivity contribution in [3.05, 3.63) is 18.0 Å². The van der Waals surface area contributed by atoms with E-state index in [0.29, 0.717) is 6.54 Å². The van der Waals surface area contributed by atoms with E-state index >= 15 is 0 Å². The van der Waals surface area contributed by atoms with Gasteiger partial charge in [0.2, 0.25) is 0 Å². The summed E-state index contributed by atoms with van der Waals surface area (Å²) in [7, 11) is 0. The molecule has 0 spiro atoms. The van der Waals surface area contributed by atoms with Crippen molar-refractivity contribution in [3.63, 3.8) is 0 Å². The van der Waals surface area contributed by atoms with E-state index in [1.54, 1.807) is 11.8 Å². The van der Waals surface area contributed by atoms with Crippen LogP contribution in [0.2, 0.25) is 0 Å². The average molecular weight is 171 g/mol. The van der Waals surface area contributed by atoms with Gasteiger partial charge in [0.25, 0.3) is 0 Å². The first-order valence-corrected chi connectivity index (χ1v) is 4.81. The number of rotatable bonds is 3. The maximum absolute atomic E-state index is 5.54. The molecule has 1 aromatic rings. The minimum Gasteiger partial charge on any atom is -0.328 e. The molecule has 0 fully saturated rings. The van der Waals surface area contributed by atoms with Gasteiger partial charge >= 0.3 is 0 Å². The third-order valence-electron chi connectivity index (χ3n) is 1.51. The van der Waals surface area contributed by atoms with Crippen molar-refractivity contribution in [1.29, 1.82) is 0 Å². The molecule has 2 N–H and O–H groups in total. The molecule has 11 heavy (non-hydrogen) atoms. The predicted octanol–water partition coefficient (Wildman–Crippen LogP) is 1.01. The molecule has 0 aliphatic heterocycles. The first-order valence-electron chi connectivity index (χ1n) is 3.52. The third-order valence-corrected chi connectivity index (χ3v) is 2.46. The zero-order valence-electron chi connectivity index (χ0n) is 6.82.